The van der Waals surface area contributed by atoms with Gasteiger partial charge in [0, 0.05) is 32.3 Å². The summed E-state index contributed by atoms with van der Waals surface area (Å²) in [5.41, 5.74) is 0.231. The monoisotopic (exact) mass is 376 g/mol. The molecule has 0 fully saturated rings. The molecule has 0 aliphatic rings. The van der Waals surface area contributed by atoms with Crippen molar-refractivity contribution in [3.05, 3.63) is 28.8 Å². The lowest BCUT2D eigenvalue weighted by molar-refractivity contribution is 0.0925. The van der Waals surface area contributed by atoms with Crippen LogP contribution in [0, 0.1) is 5.92 Å². The summed E-state index contributed by atoms with van der Waals surface area (Å²) in [6.45, 7) is 3.90. The number of nitrogens with one attached hydrogen (secondary N) is 1. The first-order valence-corrected chi connectivity index (χ1v) is 9.59. The highest BCUT2D eigenvalue weighted by molar-refractivity contribution is 7.89. The molecule has 0 aliphatic carbocycles. The second kappa shape index (κ2) is 8.80. The fourth-order valence-electron chi connectivity index (χ4n) is 2.20. The number of halogens is 1. The minimum absolute atomic E-state index is 0.0541. The molecule has 2 N–H and O–H groups in total. The van der Waals surface area contributed by atoms with Gasteiger partial charge >= 0.3 is 0 Å². The molecule has 0 saturated carbocycles. The van der Waals surface area contributed by atoms with E-state index in [1.165, 1.54) is 32.3 Å². The van der Waals surface area contributed by atoms with Crippen molar-refractivity contribution in [3.8, 4) is 0 Å². The Labute approximate surface area is 148 Å². The molecule has 24 heavy (non-hydrogen) atoms. The van der Waals surface area contributed by atoms with Crippen LogP contribution in [-0.2, 0) is 10.0 Å². The van der Waals surface area contributed by atoms with Crippen molar-refractivity contribution < 1.29 is 18.3 Å². The molecule has 8 heteroatoms. The summed E-state index contributed by atoms with van der Waals surface area (Å²) in [6, 6.07) is 4.10. The SMILES string of the molecule is CC[C@H](C[C@@H](C)CO)NC(=O)c1ccc(Cl)c(S(=O)(=O)N(C)C)c1. The van der Waals surface area contributed by atoms with E-state index in [2.05, 4.69) is 5.32 Å². The molecule has 6 nitrogen and oxygen atoms in total. The Bertz CT molecular complexity index is 677. The number of nitrogens with zero attached hydrogens (tertiary/aromatic N) is 1. The van der Waals surface area contributed by atoms with Gasteiger partial charge in [-0.15, -0.1) is 0 Å². The van der Waals surface area contributed by atoms with E-state index < -0.39 is 10.0 Å². The van der Waals surface area contributed by atoms with Gasteiger partial charge in [0.25, 0.3) is 5.91 Å². The quantitative estimate of drug-likeness (QED) is 0.727. The van der Waals surface area contributed by atoms with Gasteiger partial charge in [0.1, 0.15) is 4.90 Å². The number of sulfonamides is 1. The van der Waals surface area contributed by atoms with Crippen LogP contribution in [0.15, 0.2) is 23.1 Å². The molecule has 0 saturated heterocycles. The number of aliphatic hydroxyl groups is 1. The molecular weight excluding hydrogens is 352 g/mol. The molecule has 136 valence electrons. The maximum atomic E-state index is 12.4. The first-order valence-electron chi connectivity index (χ1n) is 7.77. The van der Waals surface area contributed by atoms with E-state index in [1.54, 1.807) is 0 Å². The molecular formula is C16H25ClN2O4S. The molecule has 1 amide bonds. The number of aliphatic hydroxyl groups excluding tert-OH is 1. The van der Waals surface area contributed by atoms with E-state index in [1.807, 2.05) is 13.8 Å². The Hall–Kier alpha value is -1.15. The van der Waals surface area contributed by atoms with Gasteiger partial charge in [-0.1, -0.05) is 25.4 Å². The number of hydrogen-bond donors (Lipinski definition) is 2. The van der Waals surface area contributed by atoms with Gasteiger partial charge in [0.05, 0.1) is 5.02 Å². The van der Waals surface area contributed by atoms with E-state index in [0.717, 1.165) is 4.31 Å². The van der Waals surface area contributed by atoms with Crippen molar-refractivity contribution in [3.63, 3.8) is 0 Å². The minimum atomic E-state index is -3.73. The Kier molecular flexibility index (Phi) is 7.66. The number of benzene rings is 1. The van der Waals surface area contributed by atoms with Gasteiger partial charge in [0.2, 0.25) is 10.0 Å². The summed E-state index contributed by atoms with van der Waals surface area (Å²) in [5.74, 6) is -0.288. The predicted molar refractivity (Wildman–Crippen MR) is 94.7 cm³/mol. The summed E-state index contributed by atoms with van der Waals surface area (Å²) in [6.07, 6.45) is 1.36. The highest BCUT2D eigenvalue weighted by Gasteiger charge is 2.23. The number of rotatable bonds is 8. The lowest BCUT2D eigenvalue weighted by atomic mass is 10.0. The van der Waals surface area contributed by atoms with Gasteiger partial charge in [-0.25, -0.2) is 12.7 Å². The molecule has 0 radical (unpaired) electrons. The van der Waals surface area contributed by atoms with Crippen LogP contribution < -0.4 is 5.32 Å². The van der Waals surface area contributed by atoms with E-state index in [0.29, 0.717) is 12.8 Å². The van der Waals surface area contributed by atoms with Crippen LogP contribution in [0.25, 0.3) is 0 Å². The molecule has 1 rings (SSSR count). The zero-order valence-electron chi connectivity index (χ0n) is 14.4. The molecule has 0 unspecified atom stereocenters. The average molecular weight is 377 g/mol. The van der Waals surface area contributed by atoms with Crippen molar-refractivity contribution in [1.82, 2.24) is 9.62 Å². The highest BCUT2D eigenvalue weighted by atomic mass is 35.5. The fourth-order valence-corrected chi connectivity index (χ4v) is 3.59. The number of carbonyl (C=O) groups excluding carboxylic acids is 1. The third kappa shape index (κ3) is 5.17. The molecule has 2 atom stereocenters. The van der Waals surface area contributed by atoms with Crippen molar-refractivity contribution >= 4 is 27.5 Å². The van der Waals surface area contributed by atoms with E-state index in [9.17, 15) is 13.2 Å². The van der Waals surface area contributed by atoms with Crippen LogP contribution in [0.4, 0.5) is 0 Å². The van der Waals surface area contributed by atoms with Crippen LogP contribution in [0.2, 0.25) is 5.02 Å². The Morgan fingerprint density at radius 3 is 2.50 bits per heavy atom. The lowest BCUT2D eigenvalue weighted by Gasteiger charge is -2.20. The van der Waals surface area contributed by atoms with Crippen LogP contribution in [0.3, 0.4) is 0 Å². The first-order chi connectivity index (χ1) is 11.1. The number of carbonyl (C=O) groups is 1. The molecule has 0 aliphatic heterocycles. The maximum Gasteiger partial charge on any atom is 0.251 e. The predicted octanol–water partition coefficient (Wildman–Crippen LogP) is 2.12. The number of hydrogen-bond acceptors (Lipinski definition) is 4. The fraction of sp³-hybridized carbons (Fsp3) is 0.562. The summed E-state index contributed by atoms with van der Waals surface area (Å²) >= 11 is 5.98. The van der Waals surface area contributed by atoms with E-state index in [-0.39, 0.29) is 40.0 Å². The smallest absolute Gasteiger partial charge is 0.251 e. The first kappa shape index (κ1) is 20.9. The molecule has 0 heterocycles. The van der Waals surface area contributed by atoms with Crippen molar-refractivity contribution in [1.29, 1.82) is 0 Å². The van der Waals surface area contributed by atoms with Crippen LogP contribution in [0.5, 0.6) is 0 Å². The second-order valence-electron chi connectivity index (χ2n) is 6.03. The standard InChI is InChI=1S/C16H25ClN2O4S/c1-5-13(8-11(2)10-20)18-16(21)12-6-7-14(17)15(9-12)24(22,23)19(3)4/h6-7,9,11,13,20H,5,8,10H2,1-4H3,(H,18,21)/t11-,13-/m1/s1. The van der Waals surface area contributed by atoms with Crippen LogP contribution in [-0.4, -0.2) is 50.5 Å². The summed E-state index contributed by atoms with van der Waals surface area (Å²) < 4.78 is 25.6. The Morgan fingerprint density at radius 2 is 2.00 bits per heavy atom. The maximum absolute atomic E-state index is 12.4. The summed E-state index contributed by atoms with van der Waals surface area (Å²) in [5, 5.41) is 12.1. The van der Waals surface area contributed by atoms with Crippen molar-refractivity contribution in [2.75, 3.05) is 20.7 Å². The van der Waals surface area contributed by atoms with Crippen molar-refractivity contribution in [2.45, 2.75) is 37.6 Å². The third-order valence-corrected chi connectivity index (χ3v) is 6.08. The molecule has 1 aromatic carbocycles. The van der Waals surface area contributed by atoms with E-state index >= 15 is 0 Å². The molecule has 1 aromatic rings. The third-order valence-electron chi connectivity index (χ3n) is 3.78. The van der Waals surface area contributed by atoms with Gasteiger partial charge in [-0.05, 0) is 37.0 Å². The molecule has 0 bridgehead atoms. The van der Waals surface area contributed by atoms with Crippen molar-refractivity contribution in [2.24, 2.45) is 5.92 Å². The zero-order chi connectivity index (χ0) is 18.5. The molecule has 0 aromatic heterocycles. The van der Waals surface area contributed by atoms with Gasteiger partial charge in [0.15, 0.2) is 0 Å². The van der Waals surface area contributed by atoms with E-state index in [4.69, 9.17) is 16.7 Å². The van der Waals surface area contributed by atoms with Gasteiger partial charge in [-0.2, -0.15) is 0 Å². The topological polar surface area (TPSA) is 86.7 Å². The largest absolute Gasteiger partial charge is 0.396 e. The van der Waals surface area contributed by atoms with Gasteiger partial charge < -0.3 is 10.4 Å². The summed E-state index contributed by atoms with van der Waals surface area (Å²) in [7, 11) is -0.923. The zero-order valence-corrected chi connectivity index (χ0v) is 16.0. The van der Waals surface area contributed by atoms with Crippen LogP contribution >= 0.6 is 11.6 Å². The average Bonchev–Trinajstić information content (AvgIpc) is 2.53. The minimum Gasteiger partial charge on any atom is -0.396 e. The second-order valence-corrected chi connectivity index (χ2v) is 8.56. The molecule has 0 spiro atoms. The Morgan fingerprint density at radius 1 is 1.38 bits per heavy atom. The summed E-state index contributed by atoms with van der Waals surface area (Å²) in [4.78, 5) is 12.3. The normalized spacial score (nSPS) is 14.5. The van der Waals surface area contributed by atoms with Crippen LogP contribution in [0.1, 0.15) is 37.0 Å². The highest BCUT2D eigenvalue weighted by Crippen LogP contribution is 2.25. The Balaban J connectivity index is 3.04. The van der Waals surface area contributed by atoms with Gasteiger partial charge in [-0.3, -0.25) is 4.79 Å². The number of amides is 1. The lowest BCUT2D eigenvalue weighted by Crippen LogP contribution is -2.36.